The largest absolute Gasteiger partial charge is 0.381 e. The number of nitrogens with two attached hydrogens (primary N) is 1. The van der Waals surface area contributed by atoms with Gasteiger partial charge in [-0.2, -0.15) is 0 Å². The Morgan fingerprint density at radius 1 is 1.70 bits per heavy atom. The number of anilines is 1. The van der Waals surface area contributed by atoms with Crippen LogP contribution in [0, 0.1) is 16.0 Å². The van der Waals surface area contributed by atoms with Gasteiger partial charge in [-0.1, -0.05) is 0 Å². The SMILES string of the molecule is NC(=O)[C@@H](Nc1ncc([N+](=O)[O-])cc1Br)[C@H]1CCOC1. The molecule has 3 N–H and O–H groups in total. The van der Waals surface area contributed by atoms with Crippen LogP contribution in [0.2, 0.25) is 0 Å². The Kier molecular flexibility index (Phi) is 4.50. The van der Waals surface area contributed by atoms with Gasteiger partial charge in [-0.25, -0.2) is 4.98 Å². The van der Waals surface area contributed by atoms with Gasteiger partial charge in [0.15, 0.2) is 0 Å². The number of rotatable bonds is 5. The fraction of sp³-hybridized carbons (Fsp3) is 0.455. The smallest absolute Gasteiger partial charge is 0.288 e. The first-order chi connectivity index (χ1) is 9.49. The van der Waals surface area contributed by atoms with E-state index < -0.39 is 16.9 Å². The summed E-state index contributed by atoms with van der Waals surface area (Å²) >= 11 is 3.19. The molecule has 2 atom stereocenters. The molecule has 2 rings (SSSR count). The van der Waals surface area contributed by atoms with Crippen molar-refractivity contribution in [3.63, 3.8) is 0 Å². The third-order valence-corrected chi connectivity index (χ3v) is 3.68. The van der Waals surface area contributed by atoms with Gasteiger partial charge in [0.05, 0.1) is 16.0 Å². The van der Waals surface area contributed by atoms with Crippen molar-refractivity contribution in [1.29, 1.82) is 0 Å². The monoisotopic (exact) mass is 344 g/mol. The zero-order valence-corrected chi connectivity index (χ0v) is 12.0. The molecular weight excluding hydrogens is 332 g/mol. The molecule has 0 spiro atoms. The number of hydrogen-bond donors (Lipinski definition) is 2. The van der Waals surface area contributed by atoms with E-state index in [0.717, 1.165) is 12.6 Å². The second-order valence-corrected chi connectivity index (χ2v) is 5.28. The summed E-state index contributed by atoms with van der Waals surface area (Å²) in [6.07, 6.45) is 1.85. The molecule has 9 heteroatoms. The molecule has 108 valence electrons. The summed E-state index contributed by atoms with van der Waals surface area (Å²) in [4.78, 5) is 25.6. The van der Waals surface area contributed by atoms with Gasteiger partial charge in [0.1, 0.15) is 18.1 Å². The van der Waals surface area contributed by atoms with Crippen LogP contribution in [0.15, 0.2) is 16.7 Å². The van der Waals surface area contributed by atoms with Crippen LogP contribution in [0.4, 0.5) is 11.5 Å². The molecule has 1 fully saturated rings. The van der Waals surface area contributed by atoms with E-state index in [4.69, 9.17) is 10.5 Å². The number of nitro groups is 1. The van der Waals surface area contributed by atoms with E-state index in [2.05, 4.69) is 26.2 Å². The molecule has 0 bridgehead atoms. The minimum atomic E-state index is -0.622. The van der Waals surface area contributed by atoms with Crippen molar-refractivity contribution in [2.45, 2.75) is 12.5 Å². The average Bonchev–Trinajstić information content (AvgIpc) is 2.90. The summed E-state index contributed by atoms with van der Waals surface area (Å²) in [6.45, 7) is 1.04. The van der Waals surface area contributed by atoms with Gasteiger partial charge < -0.3 is 15.8 Å². The summed E-state index contributed by atoms with van der Waals surface area (Å²) in [5.41, 5.74) is 5.25. The summed E-state index contributed by atoms with van der Waals surface area (Å²) in [6, 6.07) is 0.696. The van der Waals surface area contributed by atoms with Crippen molar-refractivity contribution in [1.82, 2.24) is 4.98 Å². The minimum Gasteiger partial charge on any atom is -0.381 e. The van der Waals surface area contributed by atoms with Crippen LogP contribution in [0.3, 0.4) is 0 Å². The molecule has 0 aliphatic carbocycles. The molecule has 1 aliphatic heterocycles. The number of ether oxygens (including phenoxy) is 1. The number of nitrogens with one attached hydrogen (secondary N) is 1. The van der Waals surface area contributed by atoms with E-state index in [-0.39, 0.29) is 11.6 Å². The number of pyridine rings is 1. The normalized spacial score (nSPS) is 19.6. The molecule has 0 radical (unpaired) electrons. The second-order valence-electron chi connectivity index (χ2n) is 4.43. The molecule has 8 nitrogen and oxygen atoms in total. The Labute approximate surface area is 123 Å². The topological polar surface area (TPSA) is 120 Å². The molecule has 0 unspecified atom stereocenters. The Morgan fingerprint density at radius 3 is 2.95 bits per heavy atom. The summed E-state index contributed by atoms with van der Waals surface area (Å²) in [5.74, 6) is -0.199. The Bertz CT molecular complexity index is 533. The van der Waals surface area contributed by atoms with Crippen LogP contribution in [-0.2, 0) is 9.53 Å². The highest BCUT2D eigenvalue weighted by molar-refractivity contribution is 9.10. The highest BCUT2D eigenvalue weighted by Gasteiger charge is 2.30. The molecule has 0 saturated carbocycles. The number of amides is 1. The maximum absolute atomic E-state index is 11.5. The van der Waals surface area contributed by atoms with Crippen LogP contribution in [0.25, 0.3) is 0 Å². The number of halogens is 1. The lowest BCUT2D eigenvalue weighted by Gasteiger charge is -2.21. The molecule has 1 saturated heterocycles. The molecule has 1 aromatic heterocycles. The fourth-order valence-electron chi connectivity index (χ4n) is 2.02. The van der Waals surface area contributed by atoms with E-state index in [0.29, 0.717) is 23.5 Å². The zero-order chi connectivity index (χ0) is 14.7. The van der Waals surface area contributed by atoms with E-state index in [1.807, 2.05) is 0 Å². The molecule has 0 aromatic carbocycles. The van der Waals surface area contributed by atoms with Crippen molar-refractivity contribution >= 4 is 33.3 Å². The number of carbonyl (C=O) groups excluding carboxylic acids is 1. The number of hydrogen-bond acceptors (Lipinski definition) is 6. The third-order valence-electron chi connectivity index (χ3n) is 3.07. The van der Waals surface area contributed by atoms with Crippen molar-refractivity contribution in [3.05, 3.63) is 26.9 Å². The quantitative estimate of drug-likeness (QED) is 0.608. The first-order valence-corrected chi connectivity index (χ1v) is 6.72. The van der Waals surface area contributed by atoms with Crippen LogP contribution in [0.5, 0.6) is 0 Å². The predicted molar refractivity (Wildman–Crippen MR) is 74.1 cm³/mol. The molecule has 20 heavy (non-hydrogen) atoms. The van der Waals surface area contributed by atoms with Crippen LogP contribution in [0.1, 0.15) is 6.42 Å². The van der Waals surface area contributed by atoms with E-state index in [1.165, 1.54) is 6.07 Å². The van der Waals surface area contributed by atoms with Gasteiger partial charge >= 0.3 is 0 Å². The van der Waals surface area contributed by atoms with Gasteiger partial charge in [0.2, 0.25) is 5.91 Å². The maximum atomic E-state index is 11.5. The molecule has 2 heterocycles. The number of aromatic nitrogens is 1. The number of primary amides is 1. The van der Waals surface area contributed by atoms with Crippen molar-refractivity contribution in [2.75, 3.05) is 18.5 Å². The van der Waals surface area contributed by atoms with Crippen LogP contribution in [-0.4, -0.2) is 35.1 Å². The lowest BCUT2D eigenvalue weighted by atomic mass is 9.98. The van der Waals surface area contributed by atoms with Crippen LogP contribution >= 0.6 is 15.9 Å². The Balaban J connectivity index is 2.18. The van der Waals surface area contributed by atoms with Crippen LogP contribution < -0.4 is 11.1 Å². The van der Waals surface area contributed by atoms with Crippen molar-refractivity contribution in [2.24, 2.45) is 11.7 Å². The highest BCUT2D eigenvalue weighted by Crippen LogP contribution is 2.27. The minimum absolute atomic E-state index is 0.0311. The van der Waals surface area contributed by atoms with E-state index in [1.54, 1.807) is 0 Å². The maximum Gasteiger partial charge on any atom is 0.288 e. The van der Waals surface area contributed by atoms with Gasteiger partial charge in [-0.15, -0.1) is 0 Å². The van der Waals surface area contributed by atoms with E-state index in [9.17, 15) is 14.9 Å². The van der Waals surface area contributed by atoms with E-state index >= 15 is 0 Å². The Hall–Kier alpha value is -1.74. The summed E-state index contributed by atoms with van der Waals surface area (Å²) in [5, 5.41) is 13.6. The molecule has 1 aromatic rings. The average molecular weight is 345 g/mol. The van der Waals surface area contributed by atoms with Gasteiger partial charge in [-0.05, 0) is 22.4 Å². The zero-order valence-electron chi connectivity index (χ0n) is 10.4. The third kappa shape index (κ3) is 3.23. The summed E-state index contributed by atoms with van der Waals surface area (Å²) in [7, 11) is 0. The Morgan fingerprint density at radius 2 is 2.45 bits per heavy atom. The standard InChI is InChI=1S/C11H13BrN4O4/c12-8-3-7(16(18)19)4-14-11(8)15-9(10(13)17)6-1-2-20-5-6/h3-4,6,9H,1-2,5H2,(H2,13,17)(H,14,15)/t6-,9-/m0/s1. The molecule has 1 aliphatic rings. The van der Waals surface area contributed by atoms with Crippen molar-refractivity contribution < 1.29 is 14.5 Å². The van der Waals surface area contributed by atoms with Crippen molar-refractivity contribution in [3.8, 4) is 0 Å². The first-order valence-electron chi connectivity index (χ1n) is 5.92. The van der Waals surface area contributed by atoms with Gasteiger partial charge in [-0.3, -0.25) is 14.9 Å². The fourth-order valence-corrected chi connectivity index (χ4v) is 2.47. The lowest BCUT2D eigenvalue weighted by Crippen LogP contribution is -2.42. The molecule has 1 amide bonds. The predicted octanol–water partition coefficient (Wildman–Crippen LogP) is 1.05. The second kappa shape index (κ2) is 6.14. The highest BCUT2D eigenvalue weighted by atomic mass is 79.9. The number of nitrogens with zero attached hydrogens (tertiary/aromatic N) is 2. The van der Waals surface area contributed by atoms with Gasteiger partial charge in [0, 0.05) is 18.6 Å². The summed E-state index contributed by atoms with van der Waals surface area (Å²) < 4.78 is 5.64. The molecular formula is C11H13BrN4O4. The first kappa shape index (κ1) is 14.7. The van der Waals surface area contributed by atoms with Gasteiger partial charge in [0.25, 0.3) is 5.69 Å². The number of carbonyl (C=O) groups is 1. The lowest BCUT2D eigenvalue weighted by molar-refractivity contribution is -0.385.